The van der Waals surface area contributed by atoms with Crippen LogP contribution in [-0.4, -0.2) is 40.6 Å². The minimum absolute atomic E-state index is 0.224. The van der Waals surface area contributed by atoms with Gasteiger partial charge in [-0.1, -0.05) is 20.8 Å². The molecular formula is C13H26N2OS. The molecule has 1 saturated heterocycles. The first-order valence-electron chi connectivity index (χ1n) is 6.60. The van der Waals surface area contributed by atoms with Crippen molar-refractivity contribution in [3.05, 3.63) is 0 Å². The molecule has 0 aliphatic carbocycles. The summed E-state index contributed by atoms with van der Waals surface area (Å²) < 4.78 is 0. The standard InChI is InChI=1S/C13H26N2OS/c1-6-11-14-13(4,7-2)12(16)15(11)9-8-10(3)17-5/h10-11,14H,6-9H2,1-5H3. The van der Waals surface area contributed by atoms with Gasteiger partial charge in [0.25, 0.3) is 0 Å². The first-order valence-corrected chi connectivity index (χ1v) is 7.88. The van der Waals surface area contributed by atoms with Gasteiger partial charge in [-0.2, -0.15) is 11.8 Å². The van der Waals surface area contributed by atoms with E-state index in [4.69, 9.17) is 0 Å². The van der Waals surface area contributed by atoms with Crippen molar-refractivity contribution < 1.29 is 4.79 Å². The molecule has 1 amide bonds. The van der Waals surface area contributed by atoms with Crippen LogP contribution < -0.4 is 5.32 Å². The Morgan fingerprint density at radius 3 is 2.65 bits per heavy atom. The molecule has 17 heavy (non-hydrogen) atoms. The number of carbonyl (C=O) groups excluding carboxylic acids is 1. The smallest absolute Gasteiger partial charge is 0.243 e. The lowest BCUT2D eigenvalue weighted by Crippen LogP contribution is -2.43. The van der Waals surface area contributed by atoms with Crippen molar-refractivity contribution in [1.29, 1.82) is 0 Å². The molecule has 0 spiro atoms. The molecule has 0 saturated carbocycles. The Labute approximate surface area is 110 Å². The average molecular weight is 258 g/mol. The molecule has 1 heterocycles. The van der Waals surface area contributed by atoms with Gasteiger partial charge >= 0.3 is 0 Å². The Balaban J connectivity index is 2.66. The van der Waals surface area contributed by atoms with Gasteiger partial charge in [0.2, 0.25) is 5.91 Å². The number of nitrogens with one attached hydrogen (secondary N) is 1. The highest BCUT2D eigenvalue weighted by atomic mass is 32.2. The number of hydrogen-bond acceptors (Lipinski definition) is 3. The van der Waals surface area contributed by atoms with Crippen molar-refractivity contribution in [1.82, 2.24) is 10.2 Å². The Kier molecular flexibility index (Phi) is 5.32. The van der Waals surface area contributed by atoms with Gasteiger partial charge in [0, 0.05) is 11.8 Å². The monoisotopic (exact) mass is 258 g/mol. The van der Waals surface area contributed by atoms with Crippen LogP contribution in [0.4, 0.5) is 0 Å². The first kappa shape index (κ1) is 14.8. The van der Waals surface area contributed by atoms with Crippen LogP contribution in [0.1, 0.15) is 47.0 Å². The van der Waals surface area contributed by atoms with Gasteiger partial charge < -0.3 is 4.90 Å². The molecule has 1 aliphatic heterocycles. The normalized spacial score (nSPS) is 31.0. The van der Waals surface area contributed by atoms with E-state index in [1.807, 2.05) is 23.6 Å². The second-order valence-corrected chi connectivity index (χ2v) is 6.36. The van der Waals surface area contributed by atoms with E-state index in [2.05, 4.69) is 32.3 Å². The molecule has 1 aliphatic rings. The molecule has 0 aromatic rings. The molecule has 3 atom stereocenters. The largest absolute Gasteiger partial charge is 0.326 e. The van der Waals surface area contributed by atoms with Gasteiger partial charge in [-0.15, -0.1) is 0 Å². The summed E-state index contributed by atoms with van der Waals surface area (Å²) in [5.41, 5.74) is -0.344. The number of rotatable bonds is 6. The molecule has 0 aromatic carbocycles. The van der Waals surface area contributed by atoms with Crippen LogP contribution in [0.5, 0.6) is 0 Å². The van der Waals surface area contributed by atoms with E-state index in [1.54, 1.807) is 0 Å². The van der Waals surface area contributed by atoms with Crippen LogP contribution in [0.3, 0.4) is 0 Å². The van der Waals surface area contributed by atoms with Crippen molar-refractivity contribution in [2.75, 3.05) is 12.8 Å². The van der Waals surface area contributed by atoms with Crippen LogP contribution in [0.15, 0.2) is 0 Å². The van der Waals surface area contributed by atoms with Gasteiger partial charge in [-0.3, -0.25) is 10.1 Å². The summed E-state index contributed by atoms with van der Waals surface area (Å²) >= 11 is 1.87. The lowest BCUT2D eigenvalue weighted by atomic mass is 9.99. The molecule has 100 valence electrons. The van der Waals surface area contributed by atoms with E-state index in [0.29, 0.717) is 5.25 Å². The zero-order valence-electron chi connectivity index (χ0n) is 11.7. The fraction of sp³-hybridized carbons (Fsp3) is 0.923. The maximum absolute atomic E-state index is 12.4. The van der Waals surface area contributed by atoms with E-state index in [0.717, 1.165) is 25.8 Å². The lowest BCUT2D eigenvalue weighted by Gasteiger charge is -2.24. The van der Waals surface area contributed by atoms with Crippen molar-refractivity contribution in [3.63, 3.8) is 0 Å². The van der Waals surface area contributed by atoms with Crippen molar-refractivity contribution in [2.45, 2.75) is 63.9 Å². The van der Waals surface area contributed by atoms with Gasteiger partial charge in [0.15, 0.2) is 0 Å². The molecule has 1 rings (SSSR count). The lowest BCUT2D eigenvalue weighted by molar-refractivity contribution is -0.133. The van der Waals surface area contributed by atoms with Crippen molar-refractivity contribution >= 4 is 17.7 Å². The Hall–Kier alpha value is -0.220. The maximum Gasteiger partial charge on any atom is 0.243 e. The van der Waals surface area contributed by atoms with Gasteiger partial charge in [-0.25, -0.2) is 0 Å². The predicted octanol–water partition coefficient (Wildman–Crippen LogP) is 2.46. The minimum atomic E-state index is -0.344. The first-order chi connectivity index (χ1) is 7.98. The summed E-state index contributed by atoms with van der Waals surface area (Å²) in [6.07, 6.45) is 5.26. The van der Waals surface area contributed by atoms with Crippen molar-refractivity contribution in [2.24, 2.45) is 0 Å². The molecule has 0 radical (unpaired) electrons. The fourth-order valence-corrected chi connectivity index (χ4v) is 2.58. The molecular weight excluding hydrogens is 232 g/mol. The van der Waals surface area contributed by atoms with E-state index >= 15 is 0 Å². The van der Waals surface area contributed by atoms with E-state index in [-0.39, 0.29) is 17.6 Å². The minimum Gasteiger partial charge on any atom is -0.326 e. The summed E-state index contributed by atoms with van der Waals surface area (Å²) in [5, 5.41) is 4.10. The number of thioether (sulfide) groups is 1. The number of hydrogen-bond donors (Lipinski definition) is 1. The molecule has 3 unspecified atom stereocenters. The summed E-state index contributed by atoms with van der Waals surface area (Å²) in [6.45, 7) is 9.33. The van der Waals surface area contributed by atoms with Crippen LogP contribution in [0, 0.1) is 0 Å². The highest BCUT2D eigenvalue weighted by Crippen LogP contribution is 2.25. The Morgan fingerprint density at radius 1 is 1.53 bits per heavy atom. The van der Waals surface area contributed by atoms with Crippen molar-refractivity contribution in [3.8, 4) is 0 Å². The van der Waals surface area contributed by atoms with Gasteiger partial charge in [-0.05, 0) is 32.4 Å². The quantitative estimate of drug-likeness (QED) is 0.794. The molecule has 1 N–H and O–H groups in total. The van der Waals surface area contributed by atoms with Crippen LogP contribution in [0.2, 0.25) is 0 Å². The molecule has 3 nitrogen and oxygen atoms in total. The van der Waals surface area contributed by atoms with Crippen LogP contribution in [0.25, 0.3) is 0 Å². The Bertz CT molecular complexity index is 272. The number of amides is 1. The average Bonchev–Trinajstić information content (AvgIpc) is 2.59. The maximum atomic E-state index is 12.4. The van der Waals surface area contributed by atoms with E-state index in [1.165, 1.54) is 0 Å². The zero-order chi connectivity index (χ0) is 13.1. The third-order valence-electron chi connectivity index (χ3n) is 3.87. The van der Waals surface area contributed by atoms with Gasteiger partial charge in [0.05, 0.1) is 11.7 Å². The van der Waals surface area contributed by atoms with Gasteiger partial charge in [0.1, 0.15) is 0 Å². The molecule has 4 heteroatoms. The third-order valence-corrected chi connectivity index (χ3v) is 4.91. The van der Waals surface area contributed by atoms with E-state index in [9.17, 15) is 4.79 Å². The Morgan fingerprint density at radius 2 is 2.18 bits per heavy atom. The third kappa shape index (κ3) is 3.16. The highest BCUT2D eigenvalue weighted by Gasteiger charge is 2.45. The molecule has 1 fully saturated rings. The SMILES string of the molecule is CCC1NC(C)(CC)C(=O)N1CCC(C)SC. The summed E-state index contributed by atoms with van der Waals surface area (Å²) in [5.74, 6) is 0.278. The topological polar surface area (TPSA) is 32.3 Å². The summed E-state index contributed by atoms with van der Waals surface area (Å²) in [6, 6.07) is 0. The summed E-state index contributed by atoms with van der Waals surface area (Å²) in [4.78, 5) is 14.4. The second kappa shape index (κ2) is 6.10. The molecule has 0 bridgehead atoms. The predicted molar refractivity (Wildman–Crippen MR) is 75.2 cm³/mol. The highest BCUT2D eigenvalue weighted by molar-refractivity contribution is 7.99. The van der Waals surface area contributed by atoms with Crippen LogP contribution >= 0.6 is 11.8 Å². The fourth-order valence-electron chi connectivity index (χ4n) is 2.24. The second-order valence-electron chi connectivity index (χ2n) is 5.09. The van der Waals surface area contributed by atoms with E-state index < -0.39 is 0 Å². The molecule has 0 aromatic heterocycles. The summed E-state index contributed by atoms with van der Waals surface area (Å²) in [7, 11) is 0. The zero-order valence-corrected chi connectivity index (χ0v) is 12.6. The number of carbonyl (C=O) groups is 1. The number of nitrogens with zero attached hydrogens (tertiary/aromatic N) is 1. The van der Waals surface area contributed by atoms with Crippen LogP contribution in [-0.2, 0) is 4.79 Å².